The molecule has 22 heavy (non-hydrogen) atoms. The van der Waals surface area contributed by atoms with Crippen LogP contribution in [0.4, 0.5) is 4.79 Å². The fourth-order valence-corrected chi connectivity index (χ4v) is 3.32. The Kier molecular flexibility index (Phi) is 5.27. The number of nitrogens with one attached hydrogen (secondary N) is 1. The molecule has 1 N–H and O–H groups in total. The molecule has 2 amide bonds. The molecule has 5 nitrogen and oxygen atoms in total. The summed E-state index contributed by atoms with van der Waals surface area (Å²) in [6.45, 7) is 5.11. The van der Waals surface area contributed by atoms with E-state index < -0.39 is 0 Å². The molecule has 0 atom stereocenters. The van der Waals surface area contributed by atoms with E-state index in [1.807, 2.05) is 17.3 Å². The summed E-state index contributed by atoms with van der Waals surface area (Å²) in [5.41, 5.74) is 1.35. The number of nitrogens with zero attached hydrogens (tertiary/aromatic N) is 3. The van der Waals surface area contributed by atoms with Gasteiger partial charge in [-0.05, 0) is 49.8 Å². The van der Waals surface area contributed by atoms with E-state index in [1.165, 1.54) is 5.56 Å². The van der Waals surface area contributed by atoms with Gasteiger partial charge in [-0.25, -0.2) is 4.79 Å². The number of amides is 2. The minimum absolute atomic E-state index is 0.146. The lowest BCUT2D eigenvalue weighted by Crippen LogP contribution is -2.48. The van der Waals surface area contributed by atoms with Gasteiger partial charge in [-0.2, -0.15) is 0 Å². The molecule has 3 rings (SSSR count). The monoisotopic (exact) mass is 302 g/mol. The number of piperidine rings is 1. The van der Waals surface area contributed by atoms with E-state index in [-0.39, 0.29) is 6.03 Å². The second-order valence-electron chi connectivity index (χ2n) is 6.37. The molecule has 3 heterocycles. The lowest BCUT2D eigenvalue weighted by molar-refractivity contribution is 0.179. The fraction of sp³-hybridized carbons (Fsp3) is 0.647. The molecule has 0 spiro atoms. The number of hydrogen-bond donors (Lipinski definition) is 1. The van der Waals surface area contributed by atoms with Gasteiger partial charge in [0.2, 0.25) is 0 Å². The minimum atomic E-state index is 0.146. The second kappa shape index (κ2) is 7.58. The Morgan fingerprint density at radius 3 is 2.50 bits per heavy atom. The Morgan fingerprint density at radius 2 is 1.82 bits per heavy atom. The summed E-state index contributed by atoms with van der Waals surface area (Å²) in [6.07, 6.45) is 9.23. The first kappa shape index (κ1) is 15.3. The standard InChI is InChI=1S/C17H26N4O/c22-17(21-10-1-2-11-21)19-16-6-13-20(14-7-16)12-5-15-3-8-18-9-4-15/h3-4,8-9,16H,1-2,5-7,10-14H2,(H,19,22). The van der Waals surface area contributed by atoms with Crippen molar-refractivity contribution in [2.24, 2.45) is 0 Å². The van der Waals surface area contributed by atoms with Gasteiger partial charge in [-0.15, -0.1) is 0 Å². The first-order valence-electron chi connectivity index (χ1n) is 8.48. The van der Waals surface area contributed by atoms with Crippen LogP contribution in [0.25, 0.3) is 0 Å². The van der Waals surface area contributed by atoms with Crippen LogP contribution >= 0.6 is 0 Å². The van der Waals surface area contributed by atoms with Crippen molar-refractivity contribution in [2.75, 3.05) is 32.7 Å². The van der Waals surface area contributed by atoms with E-state index in [1.54, 1.807) is 0 Å². The highest BCUT2D eigenvalue weighted by Gasteiger charge is 2.24. The topological polar surface area (TPSA) is 48.5 Å². The zero-order chi connectivity index (χ0) is 15.2. The highest BCUT2D eigenvalue weighted by molar-refractivity contribution is 5.74. The maximum absolute atomic E-state index is 12.1. The molecule has 0 radical (unpaired) electrons. The van der Waals surface area contributed by atoms with Crippen molar-refractivity contribution in [3.05, 3.63) is 30.1 Å². The molecule has 2 fully saturated rings. The third-order valence-corrected chi connectivity index (χ3v) is 4.77. The largest absolute Gasteiger partial charge is 0.335 e. The predicted molar refractivity (Wildman–Crippen MR) is 86.7 cm³/mol. The average Bonchev–Trinajstić information content (AvgIpc) is 3.10. The van der Waals surface area contributed by atoms with Crippen LogP contribution < -0.4 is 5.32 Å². The molecular weight excluding hydrogens is 276 g/mol. The van der Waals surface area contributed by atoms with Gasteiger partial charge in [0.1, 0.15) is 0 Å². The van der Waals surface area contributed by atoms with E-state index in [0.717, 1.165) is 64.8 Å². The molecule has 2 saturated heterocycles. The van der Waals surface area contributed by atoms with E-state index in [9.17, 15) is 4.79 Å². The van der Waals surface area contributed by atoms with Gasteiger partial charge >= 0.3 is 6.03 Å². The van der Waals surface area contributed by atoms with E-state index in [4.69, 9.17) is 0 Å². The first-order chi connectivity index (χ1) is 10.8. The summed E-state index contributed by atoms with van der Waals surface area (Å²) < 4.78 is 0. The molecule has 1 aromatic heterocycles. The summed E-state index contributed by atoms with van der Waals surface area (Å²) >= 11 is 0. The summed E-state index contributed by atoms with van der Waals surface area (Å²) in [4.78, 5) is 20.6. The summed E-state index contributed by atoms with van der Waals surface area (Å²) in [5, 5.41) is 3.21. The number of aromatic nitrogens is 1. The Bertz CT molecular complexity index is 465. The molecule has 5 heteroatoms. The van der Waals surface area contributed by atoms with Crippen LogP contribution in [0.3, 0.4) is 0 Å². The fourth-order valence-electron chi connectivity index (χ4n) is 3.32. The lowest BCUT2D eigenvalue weighted by atomic mass is 10.0. The maximum Gasteiger partial charge on any atom is 0.317 e. The van der Waals surface area contributed by atoms with Crippen molar-refractivity contribution in [3.63, 3.8) is 0 Å². The average molecular weight is 302 g/mol. The summed E-state index contributed by atoms with van der Waals surface area (Å²) in [6, 6.07) is 4.67. The van der Waals surface area contributed by atoms with Crippen LogP contribution in [-0.2, 0) is 6.42 Å². The molecule has 2 aliphatic rings. The van der Waals surface area contributed by atoms with Crippen molar-refractivity contribution < 1.29 is 4.79 Å². The van der Waals surface area contributed by atoms with Crippen LogP contribution in [0.15, 0.2) is 24.5 Å². The number of pyridine rings is 1. The van der Waals surface area contributed by atoms with Gasteiger partial charge in [-0.3, -0.25) is 4.98 Å². The molecule has 1 aromatic rings. The molecule has 2 aliphatic heterocycles. The van der Waals surface area contributed by atoms with Gasteiger partial charge in [0.05, 0.1) is 0 Å². The van der Waals surface area contributed by atoms with Crippen LogP contribution in [0.1, 0.15) is 31.2 Å². The zero-order valence-corrected chi connectivity index (χ0v) is 13.2. The number of carbonyl (C=O) groups excluding carboxylic acids is 1. The smallest absolute Gasteiger partial charge is 0.317 e. The number of urea groups is 1. The van der Waals surface area contributed by atoms with Gasteiger partial charge in [0.25, 0.3) is 0 Å². The van der Waals surface area contributed by atoms with Crippen molar-refractivity contribution in [1.29, 1.82) is 0 Å². The van der Waals surface area contributed by atoms with Crippen molar-refractivity contribution in [1.82, 2.24) is 20.1 Å². The quantitative estimate of drug-likeness (QED) is 0.924. The third-order valence-electron chi connectivity index (χ3n) is 4.77. The highest BCUT2D eigenvalue weighted by atomic mass is 16.2. The Labute approximate surface area is 132 Å². The highest BCUT2D eigenvalue weighted by Crippen LogP contribution is 2.13. The first-order valence-corrected chi connectivity index (χ1v) is 8.48. The van der Waals surface area contributed by atoms with E-state index in [0.29, 0.717) is 6.04 Å². The second-order valence-corrected chi connectivity index (χ2v) is 6.37. The van der Waals surface area contributed by atoms with Crippen LogP contribution in [0, 0.1) is 0 Å². The Morgan fingerprint density at radius 1 is 1.14 bits per heavy atom. The van der Waals surface area contributed by atoms with Crippen molar-refractivity contribution in [2.45, 2.75) is 38.1 Å². The molecule has 0 aromatic carbocycles. The van der Waals surface area contributed by atoms with Gasteiger partial charge in [-0.1, -0.05) is 0 Å². The maximum atomic E-state index is 12.1. The van der Waals surface area contributed by atoms with Crippen LogP contribution in [-0.4, -0.2) is 59.6 Å². The number of likely N-dealkylation sites (tertiary alicyclic amines) is 2. The number of hydrogen-bond acceptors (Lipinski definition) is 3. The molecule has 0 unspecified atom stereocenters. The SMILES string of the molecule is O=C(NC1CCN(CCc2ccncc2)CC1)N1CCCC1. The van der Waals surface area contributed by atoms with Gasteiger partial charge in [0, 0.05) is 51.2 Å². The molecule has 0 aliphatic carbocycles. The normalized spacial score (nSPS) is 20.3. The van der Waals surface area contributed by atoms with Gasteiger partial charge < -0.3 is 15.1 Å². The summed E-state index contributed by atoms with van der Waals surface area (Å²) in [5.74, 6) is 0. The van der Waals surface area contributed by atoms with Crippen LogP contribution in [0.5, 0.6) is 0 Å². The molecule has 120 valence electrons. The number of rotatable bonds is 4. The zero-order valence-electron chi connectivity index (χ0n) is 13.2. The molecule has 0 saturated carbocycles. The molecular formula is C17H26N4O. The van der Waals surface area contributed by atoms with Crippen molar-refractivity contribution >= 4 is 6.03 Å². The minimum Gasteiger partial charge on any atom is -0.335 e. The number of carbonyl (C=O) groups is 1. The van der Waals surface area contributed by atoms with Gasteiger partial charge in [0.15, 0.2) is 0 Å². The van der Waals surface area contributed by atoms with E-state index in [2.05, 4.69) is 27.3 Å². The predicted octanol–water partition coefficient (Wildman–Crippen LogP) is 1.89. The van der Waals surface area contributed by atoms with E-state index >= 15 is 0 Å². The lowest BCUT2D eigenvalue weighted by Gasteiger charge is -2.33. The van der Waals surface area contributed by atoms with Crippen LogP contribution in [0.2, 0.25) is 0 Å². The third kappa shape index (κ3) is 4.19. The molecule has 0 bridgehead atoms. The van der Waals surface area contributed by atoms with Crippen molar-refractivity contribution in [3.8, 4) is 0 Å². The summed E-state index contributed by atoms with van der Waals surface area (Å²) in [7, 11) is 0. The Balaban J connectivity index is 1.36. The Hall–Kier alpha value is -1.62.